The van der Waals surface area contributed by atoms with E-state index in [4.69, 9.17) is 16.3 Å². The number of benzene rings is 3. The molecule has 0 saturated carbocycles. The minimum absolute atomic E-state index is 0.375. The highest BCUT2D eigenvalue weighted by molar-refractivity contribution is 6.30. The third-order valence-corrected chi connectivity index (χ3v) is 6.10. The average Bonchev–Trinajstić information content (AvgIpc) is 2.94. The van der Waals surface area contributed by atoms with E-state index in [2.05, 4.69) is 35.7 Å². The van der Waals surface area contributed by atoms with Crippen LogP contribution in [0.15, 0.2) is 84.0 Å². The fourth-order valence-electron chi connectivity index (χ4n) is 3.95. The van der Waals surface area contributed by atoms with E-state index in [1.807, 2.05) is 78.9 Å². The Morgan fingerprint density at radius 2 is 1.65 bits per heavy atom. The third-order valence-electron chi connectivity index (χ3n) is 5.85. The maximum Gasteiger partial charge on any atom is 0.250 e. The summed E-state index contributed by atoms with van der Waals surface area (Å²) < 4.78 is 5.92. The Morgan fingerprint density at radius 3 is 2.46 bits per heavy atom. The van der Waals surface area contributed by atoms with Crippen molar-refractivity contribution in [2.45, 2.75) is 25.9 Å². The highest BCUT2D eigenvalue weighted by atomic mass is 35.5. The van der Waals surface area contributed by atoms with Crippen LogP contribution < -0.4 is 20.4 Å². The maximum absolute atomic E-state index is 5.96. The van der Waals surface area contributed by atoms with Gasteiger partial charge in [0.2, 0.25) is 17.8 Å². The number of nitrogens with one attached hydrogen (secondary N) is 2. The SMILES string of the molecule is Clc1ccc(COc2cccc(C=NNc3nc(Nc4ccccc4)nc(N4CCCCC4)n3)c2)cc1. The quantitative estimate of drug-likeness (QED) is 0.201. The molecule has 4 aromatic rings. The van der Waals surface area contributed by atoms with Crippen LogP contribution in [0, 0.1) is 0 Å². The molecule has 0 spiro atoms. The van der Waals surface area contributed by atoms with Crippen molar-refractivity contribution >= 4 is 41.3 Å². The highest BCUT2D eigenvalue weighted by Gasteiger charge is 2.16. The Labute approximate surface area is 221 Å². The topological polar surface area (TPSA) is 87.6 Å². The molecule has 188 valence electrons. The van der Waals surface area contributed by atoms with Gasteiger partial charge >= 0.3 is 0 Å². The van der Waals surface area contributed by atoms with Crippen molar-refractivity contribution in [1.29, 1.82) is 0 Å². The lowest BCUT2D eigenvalue weighted by Gasteiger charge is -2.26. The van der Waals surface area contributed by atoms with Crippen molar-refractivity contribution in [3.05, 3.63) is 95.0 Å². The summed E-state index contributed by atoms with van der Waals surface area (Å²) in [6.45, 7) is 2.32. The number of para-hydroxylation sites is 1. The molecule has 0 unspecified atom stereocenters. The van der Waals surface area contributed by atoms with E-state index in [1.54, 1.807) is 6.21 Å². The fraction of sp³-hybridized carbons (Fsp3) is 0.214. The van der Waals surface area contributed by atoms with Crippen LogP contribution in [0.2, 0.25) is 5.02 Å². The van der Waals surface area contributed by atoms with Crippen LogP contribution in [-0.4, -0.2) is 34.3 Å². The van der Waals surface area contributed by atoms with Crippen molar-refractivity contribution in [2.24, 2.45) is 5.10 Å². The molecule has 5 rings (SSSR count). The second kappa shape index (κ2) is 12.2. The standard InChI is InChI=1S/C28H28ClN7O/c29-23-14-12-21(13-15-23)20-37-25-11-7-8-22(18-25)19-30-35-27-32-26(31-24-9-3-1-4-10-24)33-28(34-27)36-16-5-2-6-17-36/h1,3-4,7-15,18-19H,2,5-6,16-17,20H2,(H2,31,32,33,34,35). The minimum atomic E-state index is 0.375. The van der Waals surface area contributed by atoms with E-state index in [9.17, 15) is 0 Å². The molecule has 2 N–H and O–H groups in total. The maximum atomic E-state index is 5.96. The highest BCUT2D eigenvalue weighted by Crippen LogP contribution is 2.21. The number of aromatic nitrogens is 3. The number of halogens is 1. The van der Waals surface area contributed by atoms with Gasteiger partial charge in [0.25, 0.3) is 0 Å². The Kier molecular flexibility index (Phi) is 8.07. The molecule has 1 aliphatic heterocycles. The van der Waals surface area contributed by atoms with Gasteiger partial charge in [0.15, 0.2) is 0 Å². The van der Waals surface area contributed by atoms with E-state index in [1.165, 1.54) is 6.42 Å². The molecule has 1 fully saturated rings. The molecule has 1 aliphatic rings. The number of ether oxygens (including phenoxy) is 1. The van der Waals surface area contributed by atoms with Crippen molar-refractivity contribution in [3.63, 3.8) is 0 Å². The lowest BCUT2D eigenvalue weighted by atomic mass is 10.1. The zero-order chi connectivity index (χ0) is 25.3. The minimum Gasteiger partial charge on any atom is -0.489 e. The van der Waals surface area contributed by atoms with Crippen LogP contribution in [0.1, 0.15) is 30.4 Å². The van der Waals surface area contributed by atoms with Crippen LogP contribution in [-0.2, 0) is 6.61 Å². The molecule has 0 atom stereocenters. The first-order valence-corrected chi connectivity index (χ1v) is 12.7. The van der Waals surface area contributed by atoms with Gasteiger partial charge in [0.1, 0.15) is 12.4 Å². The monoisotopic (exact) mass is 513 g/mol. The fourth-order valence-corrected chi connectivity index (χ4v) is 4.08. The van der Waals surface area contributed by atoms with Gasteiger partial charge in [-0.05, 0) is 66.8 Å². The van der Waals surface area contributed by atoms with Gasteiger partial charge in [0.05, 0.1) is 6.21 Å². The largest absolute Gasteiger partial charge is 0.489 e. The van der Waals surface area contributed by atoms with E-state index in [-0.39, 0.29) is 0 Å². The molecule has 37 heavy (non-hydrogen) atoms. The summed E-state index contributed by atoms with van der Waals surface area (Å²) in [5.74, 6) is 2.24. The van der Waals surface area contributed by atoms with Gasteiger partial charge in [-0.2, -0.15) is 20.1 Å². The van der Waals surface area contributed by atoms with Crippen molar-refractivity contribution in [2.75, 3.05) is 28.7 Å². The number of hydrogen-bond acceptors (Lipinski definition) is 8. The molecule has 3 aromatic carbocycles. The summed E-state index contributed by atoms with van der Waals surface area (Å²) in [5.41, 5.74) is 5.80. The number of nitrogens with zero attached hydrogens (tertiary/aromatic N) is 5. The molecule has 0 bridgehead atoms. The van der Waals surface area contributed by atoms with Crippen LogP contribution in [0.5, 0.6) is 5.75 Å². The smallest absolute Gasteiger partial charge is 0.250 e. The Bertz CT molecular complexity index is 1330. The summed E-state index contributed by atoms with van der Waals surface area (Å²) in [6, 6.07) is 25.2. The number of piperidine rings is 1. The number of hydrazone groups is 1. The van der Waals surface area contributed by atoms with Gasteiger partial charge in [-0.1, -0.05) is 54.1 Å². The van der Waals surface area contributed by atoms with E-state index in [0.29, 0.717) is 29.5 Å². The lowest BCUT2D eigenvalue weighted by Crippen LogP contribution is -2.31. The van der Waals surface area contributed by atoms with Gasteiger partial charge in [-0.25, -0.2) is 5.43 Å². The molecule has 0 amide bonds. The second-order valence-electron chi connectivity index (χ2n) is 8.68. The summed E-state index contributed by atoms with van der Waals surface area (Å²) in [5, 5.41) is 8.34. The van der Waals surface area contributed by atoms with Gasteiger partial charge < -0.3 is 15.0 Å². The molecule has 1 aromatic heterocycles. The predicted molar refractivity (Wildman–Crippen MR) is 149 cm³/mol. The van der Waals surface area contributed by atoms with Crippen molar-refractivity contribution in [3.8, 4) is 5.75 Å². The lowest BCUT2D eigenvalue weighted by molar-refractivity contribution is 0.306. The second-order valence-corrected chi connectivity index (χ2v) is 9.12. The first kappa shape index (κ1) is 24.5. The average molecular weight is 514 g/mol. The predicted octanol–water partition coefficient (Wildman–Crippen LogP) is 6.28. The molecule has 0 radical (unpaired) electrons. The van der Waals surface area contributed by atoms with Crippen LogP contribution in [0.3, 0.4) is 0 Å². The summed E-state index contributed by atoms with van der Waals surface area (Å²) >= 11 is 5.96. The molecule has 0 aliphatic carbocycles. The third kappa shape index (κ3) is 7.17. The Hall–Kier alpha value is -4.17. The van der Waals surface area contributed by atoms with Crippen LogP contribution in [0.25, 0.3) is 0 Å². The number of rotatable bonds is 9. The Morgan fingerprint density at radius 1 is 0.865 bits per heavy atom. The zero-order valence-electron chi connectivity index (χ0n) is 20.3. The summed E-state index contributed by atoms with van der Waals surface area (Å²) in [4.78, 5) is 16.0. The summed E-state index contributed by atoms with van der Waals surface area (Å²) in [7, 11) is 0. The molecule has 1 saturated heterocycles. The van der Waals surface area contributed by atoms with Crippen LogP contribution in [0.4, 0.5) is 23.5 Å². The zero-order valence-corrected chi connectivity index (χ0v) is 21.1. The number of hydrogen-bond donors (Lipinski definition) is 2. The first-order chi connectivity index (χ1) is 18.2. The van der Waals surface area contributed by atoms with E-state index < -0.39 is 0 Å². The van der Waals surface area contributed by atoms with Gasteiger partial charge in [0, 0.05) is 23.8 Å². The normalized spacial score (nSPS) is 13.5. The summed E-state index contributed by atoms with van der Waals surface area (Å²) in [6.07, 6.45) is 5.20. The molecule has 9 heteroatoms. The molecule has 8 nitrogen and oxygen atoms in total. The van der Waals surface area contributed by atoms with E-state index >= 15 is 0 Å². The number of anilines is 4. The van der Waals surface area contributed by atoms with Crippen molar-refractivity contribution < 1.29 is 4.74 Å². The molecular weight excluding hydrogens is 486 g/mol. The van der Waals surface area contributed by atoms with E-state index in [0.717, 1.165) is 48.5 Å². The van der Waals surface area contributed by atoms with Crippen molar-refractivity contribution in [1.82, 2.24) is 15.0 Å². The van der Waals surface area contributed by atoms with Gasteiger partial charge in [-0.15, -0.1) is 0 Å². The first-order valence-electron chi connectivity index (χ1n) is 12.3. The van der Waals surface area contributed by atoms with Gasteiger partial charge in [-0.3, -0.25) is 0 Å². The Balaban J connectivity index is 1.27. The molecular formula is C28H28ClN7O. The van der Waals surface area contributed by atoms with Crippen LogP contribution >= 0.6 is 11.6 Å². The molecule has 2 heterocycles.